The summed E-state index contributed by atoms with van der Waals surface area (Å²) < 4.78 is 1.17. The van der Waals surface area contributed by atoms with Gasteiger partial charge in [-0.05, 0) is 55.6 Å². The number of nitrogens with zero attached hydrogens (tertiary/aromatic N) is 1. The monoisotopic (exact) mass is 282 g/mol. The van der Waals surface area contributed by atoms with Crippen LogP contribution < -0.4 is 5.73 Å². The number of hydrogen-bond donors (Lipinski definition) is 1. The molecule has 2 rings (SSSR count). The van der Waals surface area contributed by atoms with E-state index < -0.39 is 0 Å². The van der Waals surface area contributed by atoms with Gasteiger partial charge in [0.1, 0.15) is 0 Å². The molecule has 1 heterocycles. The molecule has 0 aromatic heterocycles. The zero-order valence-corrected chi connectivity index (χ0v) is 11.3. The van der Waals surface area contributed by atoms with E-state index in [0.29, 0.717) is 0 Å². The van der Waals surface area contributed by atoms with Crippen molar-refractivity contribution in [2.24, 2.45) is 5.92 Å². The number of likely N-dealkylation sites (tertiary alicyclic amines) is 1. The highest BCUT2D eigenvalue weighted by Crippen LogP contribution is 2.23. The lowest BCUT2D eigenvalue weighted by Crippen LogP contribution is -2.32. The lowest BCUT2D eigenvalue weighted by Gasteiger charge is -2.30. The molecule has 88 valence electrons. The van der Waals surface area contributed by atoms with Gasteiger partial charge in [-0.15, -0.1) is 0 Å². The van der Waals surface area contributed by atoms with Crippen molar-refractivity contribution in [2.75, 3.05) is 18.8 Å². The van der Waals surface area contributed by atoms with E-state index in [0.717, 1.165) is 18.2 Å². The van der Waals surface area contributed by atoms with Crippen molar-refractivity contribution in [3.63, 3.8) is 0 Å². The summed E-state index contributed by atoms with van der Waals surface area (Å²) in [7, 11) is 0. The smallest absolute Gasteiger partial charge is 0.0318 e. The molecule has 2 N–H and O–H groups in total. The van der Waals surface area contributed by atoms with Crippen LogP contribution in [0.25, 0.3) is 0 Å². The zero-order valence-electron chi connectivity index (χ0n) is 9.75. The first-order chi connectivity index (χ1) is 7.65. The van der Waals surface area contributed by atoms with E-state index in [1.54, 1.807) is 0 Å². The minimum atomic E-state index is 0.851. The van der Waals surface area contributed by atoms with Crippen LogP contribution in [0.5, 0.6) is 0 Å². The van der Waals surface area contributed by atoms with Crippen molar-refractivity contribution in [1.82, 2.24) is 4.90 Å². The van der Waals surface area contributed by atoms with Crippen LogP contribution in [-0.4, -0.2) is 18.0 Å². The molecule has 0 radical (unpaired) electrons. The van der Waals surface area contributed by atoms with Crippen LogP contribution in [0.2, 0.25) is 0 Å². The summed E-state index contributed by atoms with van der Waals surface area (Å²) in [5.74, 6) is 0.889. The van der Waals surface area contributed by atoms with Gasteiger partial charge in [0.25, 0.3) is 0 Å². The third-order valence-electron chi connectivity index (χ3n) is 3.34. The average Bonchev–Trinajstić information content (AvgIpc) is 2.27. The van der Waals surface area contributed by atoms with Crippen molar-refractivity contribution < 1.29 is 0 Å². The minimum absolute atomic E-state index is 0.851. The predicted octanol–water partition coefficient (Wildman–Crippen LogP) is 3.26. The average molecular weight is 283 g/mol. The highest BCUT2D eigenvalue weighted by atomic mass is 79.9. The molecule has 0 aliphatic carbocycles. The molecule has 1 aliphatic heterocycles. The molecule has 0 unspecified atom stereocenters. The number of halogens is 1. The van der Waals surface area contributed by atoms with E-state index in [4.69, 9.17) is 5.73 Å². The number of rotatable bonds is 2. The Hall–Kier alpha value is -0.540. The summed E-state index contributed by atoms with van der Waals surface area (Å²) in [5.41, 5.74) is 7.97. The van der Waals surface area contributed by atoms with Crippen molar-refractivity contribution in [2.45, 2.75) is 26.3 Å². The Morgan fingerprint density at radius 1 is 1.38 bits per heavy atom. The normalized spacial score (nSPS) is 18.9. The third kappa shape index (κ3) is 2.98. The largest absolute Gasteiger partial charge is 0.399 e. The van der Waals surface area contributed by atoms with Gasteiger partial charge in [-0.2, -0.15) is 0 Å². The summed E-state index contributed by atoms with van der Waals surface area (Å²) in [6.45, 7) is 5.77. The van der Waals surface area contributed by atoms with Gasteiger partial charge in [0.15, 0.2) is 0 Å². The SMILES string of the molecule is CC1CCN(Cc2cc(N)ccc2Br)CC1. The van der Waals surface area contributed by atoms with E-state index in [1.165, 1.54) is 36.0 Å². The van der Waals surface area contributed by atoms with Gasteiger partial charge in [0.2, 0.25) is 0 Å². The maximum absolute atomic E-state index is 5.82. The Bertz CT molecular complexity index is 357. The van der Waals surface area contributed by atoms with Crippen molar-refractivity contribution in [1.29, 1.82) is 0 Å². The summed E-state index contributed by atoms with van der Waals surface area (Å²) in [5, 5.41) is 0. The Morgan fingerprint density at radius 3 is 2.75 bits per heavy atom. The quantitative estimate of drug-likeness (QED) is 0.844. The van der Waals surface area contributed by atoms with Crippen LogP contribution >= 0.6 is 15.9 Å². The van der Waals surface area contributed by atoms with Crippen LogP contribution in [0.3, 0.4) is 0 Å². The molecule has 0 bridgehead atoms. The van der Waals surface area contributed by atoms with Gasteiger partial charge in [-0.3, -0.25) is 4.90 Å². The summed E-state index contributed by atoms with van der Waals surface area (Å²) >= 11 is 3.59. The summed E-state index contributed by atoms with van der Waals surface area (Å²) in [6.07, 6.45) is 2.64. The lowest BCUT2D eigenvalue weighted by molar-refractivity contribution is 0.185. The van der Waals surface area contributed by atoms with Crippen molar-refractivity contribution >= 4 is 21.6 Å². The van der Waals surface area contributed by atoms with Crippen LogP contribution in [0, 0.1) is 5.92 Å². The number of nitrogen functional groups attached to an aromatic ring is 1. The fraction of sp³-hybridized carbons (Fsp3) is 0.538. The number of benzene rings is 1. The Kier molecular flexibility index (Phi) is 3.87. The van der Waals surface area contributed by atoms with Gasteiger partial charge in [-0.25, -0.2) is 0 Å². The van der Waals surface area contributed by atoms with Crippen molar-refractivity contribution in [3.8, 4) is 0 Å². The number of piperidine rings is 1. The molecule has 0 amide bonds. The lowest BCUT2D eigenvalue weighted by atomic mass is 9.99. The van der Waals surface area contributed by atoms with Crippen LogP contribution in [-0.2, 0) is 6.54 Å². The molecule has 3 heteroatoms. The van der Waals surface area contributed by atoms with E-state index in [1.807, 2.05) is 12.1 Å². The van der Waals surface area contributed by atoms with Crippen LogP contribution in [0.4, 0.5) is 5.69 Å². The predicted molar refractivity (Wildman–Crippen MR) is 72.2 cm³/mol. The summed E-state index contributed by atoms with van der Waals surface area (Å²) in [6, 6.07) is 6.05. The minimum Gasteiger partial charge on any atom is -0.399 e. The van der Waals surface area contributed by atoms with Gasteiger partial charge in [0, 0.05) is 16.7 Å². The molecule has 2 nitrogen and oxygen atoms in total. The Labute approximate surface area is 106 Å². The first kappa shape index (κ1) is 11.9. The van der Waals surface area contributed by atoms with Crippen LogP contribution in [0.15, 0.2) is 22.7 Å². The number of nitrogens with two attached hydrogens (primary N) is 1. The van der Waals surface area contributed by atoms with Gasteiger partial charge >= 0.3 is 0 Å². The second-order valence-electron chi connectivity index (χ2n) is 4.81. The first-order valence-electron chi connectivity index (χ1n) is 5.91. The molecule has 1 fully saturated rings. The highest BCUT2D eigenvalue weighted by molar-refractivity contribution is 9.10. The molecular weight excluding hydrogens is 264 g/mol. The third-order valence-corrected chi connectivity index (χ3v) is 4.11. The highest BCUT2D eigenvalue weighted by Gasteiger charge is 2.16. The Balaban J connectivity index is 2.00. The second-order valence-corrected chi connectivity index (χ2v) is 5.66. The topological polar surface area (TPSA) is 29.3 Å². The fourth-order valence-corrected chi connectivity index (χ4v) is 2.55. The maximum atomic E-state index is 5.82. The molecule has 1 aliphatic rings. The fourth-order valence-electron chi connectivity index (χ4n) is 2.18. The molecule has 0 saturated carbocycles. The first-order valence-corrected chi connectivity index (χ1v) is 6.70. The van der Waals surface area contributed by atoms with E-state index >= 15 is 0 Å². The molecule has 1 aromatic rings. The number of anilines is 1. The van der Waals surface area contributed by atoms with E-state index in [2.05, 4.69) is 33.8 Å². The maximum Gasteiger partial charge on any atom is 0.0318 e. The van der Waals surface area contributed by atoms with Gasteiger partial charge in [0.05, 0.1) is 0 Å². The summed E-state index contributed by atoms with van der Waals surface area (Å²) in [4.78, 5) is 2.51. The molecular formula is C13H19BrN2. The van der Waals surface area contributed by atoms with Gasteiger partial charge in [-0.1, -0.05) is 22.9 Å². The van der Waals surface area contributed by atoms with E-state index in [9.17, 15) is 0 Å². The second kappa shape index (κ2) is 5.19. The van der Waals surface area contributed by atoms with Crippen LogP contribution in [0.1, 0.15) is 25.3 Å². The Morgan fingerprint density at radius 2 is 2.06 bits per heavy atom. The van der Waals surface area contributed by atoms with Gasteiger partial charge < -0.3 is 5.73 Å². The van der Waals surface area contributed by atoms with E-state index in [-0.39, 0.29) is 0 Å². The van der Waals surface area contributed by atoms with Crippen molar-refractivity contribution in [3.05, 3.63) is 28.2 Å². The molecule has 0 spiro atoms. The molecule has 1 saturated heterocycles. The molecule has 1 aromatic carbocycles. The molecule has 0 atom stereocenters. The molecule has 16 heavy (non-hydrogen) atoms. The standard InChI is InChI=1S/C13H19BrN2/c1-10-4-6-16(7-5-10)9-11-8-12(15)2-3-13(11)14/h2-3,8,10H,4-7,9,15H2,1H3. The zero-order chi connectivity index (χ0) is 11.5. The number of hydrogen-bond acceptors (Lipinski definition) is 2.